The predicted molar refractivity (Wildman–Crippen MR) is 104 cm³/mol. The lowest BCUT2D eigenvalue weighted by atomic mass is 10.0. The zero-order valence-corrected chi connectivity index (χ0v) is 16.3. The number of hydrogen-bond acceptors (Lipinski definition) is 5. The molecule has 0 atom stereocenters. The molecule has 0 spiro atoms. The van der Waals surface area contributed by atoms with Crippen molar-refractivity contribution >= 4 is 33.6 Å². The van der Waals surface area contributed by atoms with Gasteiger partial charge < -0.3 is 16.5 Å². The van der Waals surface area contributed by atoms with Crippen LogP contribution in [0.15, 0.2) is 53.0 Å². The van der Waals surface area contributed by atoms with Gasteiger partial charge in [0.25, 0.3) is 5.91 Å². The van der Waals surface area contributed by atoms with Gasteiger partial charge in [-0.15, -0.1) is 0 Å². The lowest BCUT2D eigenvalue weighted by Crippen LogP contribution is -2.27. The Bertz CT molecular complexity index is 1120. The number of rotatable bonds is 5. The first-order chi connectivity index (χ1) is 13.7. The van der Waals surface area contributed by atoms with Crippen LogP contribution in [0.5, 0.6) is 0 Å². The minimum Gasteiger partial charge on any atom is -0.404 e. The molecule has 7 nitrogen and oxygen atoms in total. The number of halogens is 4. The van der Waals surface area contributed by atoms with Crippen LogP contribution in [-0.4, -0.2) is 26.7 Å². The minimum atomic E-state index is -4.64. The maximum Gasteiger partial charge on any atom is 0.416 e. The Morgan fingerprint density at radius 1 is 1.34 bits per heavy atom. The molecule has 2 aromatic heterocycles. The van der Waals surface area contributed by atoms with Gasteiger partial charge in [0.2, 0.25) is 0 Å². The smallest absolute Gasteiger partial charge is 0.404 e. The van der Waals surface area contributed by atoms with Crippen LogP contribution in [-0.2, 0) is 17.5 Å². The molecule has 4 N–H and O–H groups in total. The Morgan fingerprint density at radius 3 is 2.76 bits per heavy atom. The summed E-state index contributed by atoms with van der Waals surface area (Å²) in [4.78, 5) is 16.0. The number of carbonyl (C=O) groups excluding carboxylic acids is 1. The summed E-state index contributed by atoms with van der Waals surface area (Å²) < 4.78 is 43.2. The number of aromatic nitrogens is 3. The third kappa shape index (κ3) is 4.29. The van der Waals surface area contributed by atoms with Crippen molar-refractivity contribution in [3.8, 4) is 11.3 Å². The number of nitrogens with one attached hydrogen (secondary N) is 2. The van der Waals surface area contributed by atoms with Gasteiger partial charge in [0.05, 0.1) is 22.3 Å². The topological polar surface area (TPSA) is 109 Å². The second-order valence-electron chi connectivity index (χ2n) is 5.92. The molecule has 0 saturated heterocycles. The molecule has 0 radical (unpaired) electrons. The molecule has 0 aliphatic carbocycles. The molecule has 2 heterocycles. The summed E-state index contributed by atoms with van der Waals surface area (Å²) in [6.07, 6.45) is -0.0869. The molecule has 0 aliphatic heterocycles. The summed E-state index contributed by atoms with van der Waals surface area (Å²) in [7, 11) is 0. The second-order valence-corrected chi connectivity index (χ2v) is 6.83. The Kier molecular flexibility index (Phi) is 5.69. The quantitative estimate of drug-likeness (QED) is 0.395. The van der Waals surface area contributed by atoms with Gasteiger partial charge in [-0.3, -0.25) is 4.79 Å². The van der Waals surface area contributed by atoms with Crippen LogP contribution in [0.25, 0.3) is 16.8 Å². The lowest BCUT2D eigenvalue weighted by Gasteiger charge is -2.15. The molecular weight excluding hydrogens is 453 g/mol. The number of nitrogens with zero attached hydrogens (tertiary/aromatic N) is 3. The number of hydrogen-bond donors (Lipinski definition) is 3. The molecule has 0 saturated carbocycles. The first-order valence-corrected chi connectivity index (χ1v) is 8.94. The van der Waals surface area contributed by atoms with Gasteiger partial charge in [-0.2, -0.15) is 18.3 Å². The van der Waals surface area contributed by atoms with Gasteiger partial charge in [0, 0.05) is 35.2 Å². The second kappa shape index (κ2) is 8.03. The maximum atomic E-state index is 13.7. The molecular formula is C18H14BrF3N6O. The van der Waals surface area contributed by atoms with E-state index in [1.54, 1.807) is 12.3 Å². The summed E-state index contributed by atoms with van der Waals surface area (Å²) in [6, 6.07) is 5.47. The maximum absolute atomic E-state index is 13.7. The van der Waals surface area contributed by atoms with E-state index < -0.39 is 17.6 Å². The number of alkyl halides is 3. The molecule has 3 aromatic rings. The van der Waals surface area contributed by atoms with Crippen molar-refractivity contribution in [3.05, 3.63) is 64.2 Å². The van der Waals surface area contributed by atoms with Crippen molar-refractivity contribution < 1.29 is 18.0 Å². The third-order valence-electron chi connectivity index (χ3n) is 4.10. The number of amides is 1. The van der Waals surface area contributed by atoms with Crippen molar-refractivity contribution in [1.82, 2.24) is 19.9 Å². The fourth-order valence-electron chi connectivity index (χ4n) is 2.73. The van der Waals surface area contributed by atoms with Crippen molar-refractivity contribution in [2.75, 3.05) is 0 Å². The standard InChI is InChI=1S/C18H14BrF3N6O/c19-13-4-15-16(26-9-27-28(15)8-13)10-1-2-11(14(3-10)18(20,21)22)7-25-17(29)12(5-23)6-24/h1-6,8-9,23H,7,24H2,(H,25,29)/b12-6+,23-5?. The molecule has 0 aliphatic rings. The van der Waals surface area contributed by atoms with Gasteiger partial charge in [-0.25, -0.2) is 9.50 Å². The summed E-state index contributed by atoms with van der Waals surface area (Å²) in [6.45, 7) is -0.380. The van der Waals surface area contributed by atoms with E-state index in [0.717, 1.165) is 18.5 Å². The average molecular weight is 467 g/mol. The predicted octanol–water partition coefficient (Wildman–Crippen LogP) is 3.29. The van der Waals surface area contributed by atoms with Gasteiger partial charge in [-0.1, -0.05) is 12.1 Å². The van der Waals surface area contributed by atoms with Crippen LogP contribution in [0.4, 0.5) is 13.2 Å². The molecule has 0 fully saturated rings. The average Bonchev–Trinajstić information content (AvgIpc) is 3.06. The van der Waals surface area contributed by atoms with Gasteiger partial charge in [-0.05, 0) is 33.6 Å². The molecule has 150 valence electrons. The van der Waals surface area contributed by atoms with Crippen LogP contribution in [0.3, 0.4) is 0 Å². The highest BCUT2D eigenvalue weighted by Gasteiger charge is 2.34. The molecule has 11 heteroatoms. The largest absolute Gasteiger partial charge is 0.416 e. The zero-order valence-electron chi connectivity index (χ0n) is 14.7. The van der Waals surface area contributed by atoms with E-state index >= 15 is 0 Å². The van der Waals surface area contributed by atoms with E-state index in [1.165, 1.54) is 23.0 Å². The van der Waals surface area contributed by atoms with Crippen LogP contribution >= 0.6 is 15.9 Å². The Labute approximate surface area is 171 Å². The fourth-order valence-corrected chi connectivity index (χ4v) is 3.14. The van der Waals surface area contributed by atoms with Gasteiger partial charge in [0.15, 0.2) is 0 Å². The lowest BCUT2D eigenvalue weighted by molar-refractivity contribution is -0.138. The molecule has 1 aromatic carbocycles. The monoisotopic (exact) mass is 466 g/mol. The number of benzene rings is 1. The van der Waals surface area contributed by atoms with E-state index in [4.69, 9.17) is 11.1 Å². The summed E-state index contributed by atoms with van der Waals surface area (Å²) in [5, 5.41) is 13.4. The van der Waals surface area contributed by atoms with Crippen LogP contribution < -0.4 is 11.1 Å². The van der Waals surface area contributed by atoms with E-state index in [9.17, 15) is 18.0 Å². The zero-order chi connectivity index (χ0) is 21.2. The molecule has 0 bridgehead atoms. The van der Waals surface area contributed by atoms with Crippen molar-refractivity contribution in [2.24, 2.45) is 5.73 Å². The van der Waals surface area contributed by atoms with Gasteiger partial charge in [0.1, 0.15) is 6.33 Å². The van der Waals surface area contributed by atoms with Crippen LogP contribution in [0, 0.1) is 5.41 Å². The van der Waals surface area contributed by atoms with Crippen LogP contribution in [0.1, 0.15) is 11.1 Å². The van der Waals surface area contributed by atoms with E-state index in [2.05, 4.69) is 31.3 Å². The van der Waals surface area contributed by atoms with Crippen LogP contribution in [0.2, 0.25) is 0 Å². The summed E-state index contributed by atoms with van der Waals surface area (Å²) >= 11 is 3.31. The molecule has 0 unspecified atom stereocenters. The highest BCUT2D eigenvalue weighted by Crippen LogP contribution is 2.35. The molecule has 1 amide bonds. The summed E-state index contributed by atoms with van der Waals surface area (Å²) in [5.41, 5.74) is 5.17. The van der Waals surface area contributed by atoms with Crippen molar-refractivity contribution in [2.45, 2.75) is 12.7 Å². The highest BCUT2D eigenvalue weighted by molar-refractivity contribution is 9.10. The highest BCUT2D eigenvalue weighted by atomic mass is 79.9. The number of nitrogens with two attached hydrogens (primary N) is 1. The van der Waals surface area contributed by atoms with Gasteiger partial charge >= 0.3 is 6.18 Å². The Morgan fingerprint density at radius 2 is 2.10 bits per heavy atom. The first-order valence-electron chi connectivity index (χ1n) is 8.14. The Balaban J connectivity index is 2.00. The van der Waals surface area contributed by atoms with Crippen molar-refractivity contribution in [1.29, 1.82) is 5.41 Å². The third-order valence-corrected chi connectivity index (χ3v) is 4.53. The number of carbonyl (C=O) groups is 1. The minimum absolute atomic E-state index is 0.127. The molecule has 29 heavy (non-hydrogen) atoms. The van der Waals surface area contributed by atoms with E-state index in [-0.39, 0.29) is 23.2 Å². The first kappa shape index (κ1) is 20.5. The number of fused-ring (bicyclic) bond motifs is 1. The van der Waals surface area contributed by atoms with E-state index in [1.807, 2.05) is 0 Å². The SMILES string of the molecule is N=C/C(=C\N)C(=O)NCc1ccc(-c2ncnn3cc(Br)cc23)cc1C(F)(F)F. The normalized spacial score (nSPS) is 12.2. The molecule has 3 rings (SSSR count). The Hall–Kier alpha value is -3.21. The van der Waals surface area contributed by atoms with E-state index in [0.29, 0.717) is 15.7 Å². The van der Waals surface area contributed by atoms with Crippen molar-refractivity contribution in [3.63, 3.8) is 0 Å². The summed E-state index contributed by atoms with van der Waals surface area (Å²) in [5.74, 6) is -0.741. The fraction of sp³-hybridized carbons (Fsp3) is 0.111.